The first kappa shape index (κ1) is 28.8. The van der Waals surface area contributed by atoms with Crippen molar-refractivity contribution in [3.8, 4) is 0 Å². The van der Waals surface area contributed by atoms with E-state index in [9.17, 15) is 44.3 Å². The second-order valence-corrected chi connectivity index (χ2v) is 9.36. The minimum Gasteiger partial charge on any atom is -0.433 e. The van der Waals surface area contributed by atoms with E-state index >= 15 is 0 Å². The Morgan fingerprint density at radius 2 is 1.49 bits per heavy atom. The summed E-state index contributed by atoms with van der Waals surface area (Å²) >= 11 is 0. The molecular formula is C25H23F9N2O3. The highest BCUT2D eigenvalue weighted by atomic mass is 19.4. The molecular weight excluding hydrogens is 547 g/mol. The summed E-state index contributed by atoms with van der Waals surface area (Å²) in [5.41, 5.74) is -4.23. The van der Waals surface area contributed by atoms with Gasteiger partial charge in [-0.3, -0.25) is 0 Å². The molecule has 214 valence electrons. The maximum absolute atomic E-state index is 13.5. The lowest BCUT2D eigenvalue weighted by atomic mass is 9.88. The monoisotopic (exact) mass is 570 g/mol. The van der Waals surface area contributed by atoms with E-state index in [1.165, 1.54) is 12.0 Å². The molecule has 2 aromatic carbocycles. The van der Waals surface area contributed by atoms with Crippen molar-refractivity contribution in [2.24, 2.45) is 5.92 Å². The maximum Gasteiger partial charge on any atom is 0.533 e. The van der Waals surface area contributed by atoms with Crippen molar-refractivity contribution < 1.29 is 53.9 Å². The Bertz CT molecular complexity index is 1170. The van der Waals surface area contributed by atoms with Crippen molar-refractivity contribution in [1.29, 1.82) is 0 Å². The fourth-order valence-corrected chi connectivity index (χ4v) is 4.62. The summed E-state index contributed by atoms with van der Waals surface area (Å²) in [5.74, 6) is 0.00422. The number of hydrogen-bond acceptors (Lipinski definition) is 5. The topological polar surface area (TPSA) is 50.8 Å². The van der Waals surface area contributed by atoms with Crippen molar-refractivity contribution in [3.63, 3.8) is 0 Å². The zero-order chi connectivity index (χ0) is 28.8. The number of anilines is 1. The van der Waals surface area contributed by atoms with Gasteiger partial charge in [-0.15, -0.1) is 0 Å². The first-order valence-electron chi connectivity index (χ1n) is 11.9. The number of fused-ring (bicyclic) bond motifs is 1. The summed E-state index contributed by atoms with van der Waals surface area (Å²) in [5, 5.41) is 4.03. The minimum atomic E-state index is -5.04. The largest absolute Gasteiger partial charge is 0.533 e. The van der Waals surface area contributed by atoms with E-state index in [1.54, 1.807) is 0 Å². The van der Waals surface area contributed by atoms with E-state index in [2.05, 4.69) is 5.32 Å². The third kappa shape index (κ3) is 6.71. The maximum atomic E-state index is 13.5. The van der Waals surface area contributed by atoms with Crippen LogP contribution in [0.25, 0.3) is 0 Å². The summed E-state index contributed by atoms with van der Waals surface area (Å²) < 4.78 is 125. The number of nitrogens with zero attached hydrogens (tertiary/aromatic N) is 1. The zero-order valence-electron chi connectivity index (χ0n) is 20.3. The van der Waals surface area contributed by atoms with Gasteiger partial charge in [0, 0.05) is 12.6 Å². The molecule has 1 aliphatic heterocycles. The smallest absolute Gasteiger partial charge is 0.433 e. The Hall–Kier alpha value is -3.16. The van der Waals surface area contributed by atoms with Crippen molar-refractivity contribution in [2.45, 2.75) is 63.3 Å². The Kier molecular flexibility index (Phi) is 7.71. The third-order valence-corrected chi connectivity index (χ3v) is 6.55. The molecule has 5 nitrogen and oxygen atoms in total. The standard InChI is InChI=1S/C25H23F9N2O3/c1-2-38-22(37)39-36-20-6-5-15(23(26,27)28)10-18(20)19(11-21(36)14-3-4-14)35-12-13-7-16(24(29,30)31)9-17(8-13)25(32,33)34/h5-10,14,19,21,35H,2-4,11-12H2,1H3/t19-,21-/m0/s1. The molecule has 2 aliphatic rings. The second kappa shape index (κ2) is 10.4. The lowest BCUT2D eigenvalue weighted by molar-refractivity contribution is -0.143. The average Bonchev–Trinajstić information content (AvgIpc) is 3.67. The number of benzene rings is 2. The average molecular weight is 570 g/mol. The molecule has 0 saturated heterocycles. The molecule has 1 fully saturated rings. The van der Waals surface area contributed by atoms with Crippen molar-refractivity contribution >= 4 is 11.8 Å². The highest BCUT2D eigenvalue weighted by Gasteiger charge is 2.45. The summed E-state index contributed by atoms with van der Waals surface area (Å²) in [7, 11) is 0. The Balaban J connectivity index is 1.70. The minimum absolute atomic E-state index is 0.00272. The first-order valence-corrected chi connectivity index (χ1v) is 11.9. The highest BCUT2D eigenvalue weighted by Crippen LogP contribution is 2.48. The Morgan fingerprint density at radius 3 is 2.00 bits per heavy atom. The van der Waals surface area contributed by atoms with Crippen LogP contribution in [0.2, 0.25) is 0 Å². The molecule has 39 heavy (non-hydrogen) atoms. The van der Waals surface area contributed by atoms with Gasteiger partial charge in [-0.05, 0) is 79.6 Å². The number of halogens is 9. The fraction of sp³-hybridized carbons (Fsp3) is 0.480. The fourth-order valence-electron chi connectivity index (χ4n) is 4.62. The highest BCUT2D eigenvalue weighted by molar-refractivity contribution is 5.65. The summed E-state index contributed by atoms with van der Waals surface area (Å²) in [6, 6.07) is 2.46. The van der Waals surface area contributed by atoms with Gasteiger partial charge in [0.1, 0.15) is 0 Å². The second-order valence-electron chi connectivity index (χ2n) is 9.36. The summed E-state index contributed by atoms with van der Waals surface area (Å²) in [4.78, 5) is 17.4. The molecule has 2 aromatic rings. The zero-order valence-corrected chi connectivity index (χ0v) is 20.3. The molecule has 0 bridgehead atoms. The first-order chi connectivity index (χ1) is 18.1. The van der Waals surface area contributed by atoms with Crippen LogP contribution in [0.1, 0.15) is 60.0 Å². The quantitative estimate of drug-likeness (QED) is 0.286. The molecule has 1 heterocycles. The van der Waals surface area contributed by atoms with Gasteiger partial charge in [0.2, 0.25) is 0 Å². The van der Waals surface area contributed by atoms with Crippen LogP contribution in [0, 0.1) is 5.92 Å². The molecule has 0 aromatic heterocycles. The van der Waals surface area contributed by atoms with Gasteiger partial charge >= 0.3 is 24.7 Å². The van der Waals surface area contributed by atoms with Crippen LogP contribution in [-0.2, 0) is 34.6 Å². The molecule has 0 unspecified atom stereocenters. The normalized spacial score (nSPS) is 20.0. The molecule has 1 N–H and O–H groups in total. The lowest BCUT2D eigenvalue weighted by Gasteiger charge is -2.41. The molecule has 1 aliphatic carbocycles. The van der Waals surface area contributed by atoms with Crippen LogP contribution in [0.15, 0.2) is 36.4 Å². The van der Waals surface area contributed by atoms with E-state index < -0.39 is 60.0 Å². The van der Waals surface area contributed by atoms with E-state index in [0.717, 1.165) is 31.0 Å². The van der Waals surface area contributed by atoms with Crippen LogP contribution in [-0.4, -0.2) is 18.8 Å². The van der Waals surface area contributed by atoms with Crippen LogP contribution in [0.5, 0.6) is 0 Å². The van der Waals surface area contributed by atoms with Crippen molar-refractivity contribution in [3.05, 3.63) is 64.2 Å². The molecule has 14 heteroatoms. The van der Waals surface area contributed by atoms with Gasteiger partial charge in [0.05, 0.1) is 35.0 Å². The molecule has 0 radical (unpaired) electrons. The van der Waals surface area contributed by atoms with E-state index in [1.807, 2.05) is 0 Å². The predicted octanol–water partition coefficient (Wildman–Crippen LogP) is 7.65. The van der Waals surface area contributed by atoms with Gasteiger partial charge in [0.15, 0.2) is 0 Å². The number of alkyl halides is 9. The van der Waals surface area contributed by atoms with Crippen LogP contribution < -0.4 is 10.4 Å². The van der Waals surface area contributed by atoms with Crippen molar-refractivity contribution in [2.75, 3.05) is 11.7 Å². The van der Waals surface area contributed by atoms with Crippen molar-refractivity contribution in [1.82, 2.24) is 5.32 Å². The SMILES string of the molecule is CCOC(=O)ON1c2ccc(C(F)(F)F)cc2[C@@H](NCc2cc(C(F)(F)F)cc(C(F)(F)F)c2)C[C@H]1C1CC1. The number of rotatable bonds is 6. The number of hydrogen-bond donors (Lipinski definition) is 1. The van der Waals surface area contributed by atoms with Gasteiger partial charge < -0.3 is 14.9 Å². The van der Waals surface area contributed by atoms with E-state index in [-0.39, 0.29) is 41.8 Å². The Labute approximate surface area is 216 Å². The number of carbonyl (C=O) groups excluding carboxylic acids is 1. The van der Waals surface area contributed by atoms with Gasteiger partial charge in [-0.2, -0.15) is 44.6 Å². The lowest BCUT2D eigenvalue weighted by Crippen LogP contribution is -2.46. The number of nitrogens with one attached hydrogen (secondary N) is 1. The third-order valence-electron chi connectivity index (χ3n) is 6.55. The number of ether oxygens (including phenoxy) is 1. The molecule has 0 amide bonds. The van der Waals surface area contributed by atoms with Gasteiger partial charge in [0.25, 0.3) is 0 Å². The van der Waals surface area contributed by atoms with Crippen LogP contribution in [0.4, 0.5) is 50.0 Å². The van der Waals surface area contributed by atoms with Crippen LogP contribution in [0.3, 0.4) is 0 Å². The van der Waals surface area contributed by atoms with Gasteiger partial charge in [-0.1, -0.05) is 0 Å². The summed E-state index contributed by atoms with van der Waals surface area (Å²) in [6.07, 6.45) is -14.3. The van der Waals surface area contributed by atoms with E-state index in [0.29, 0.717) is 12.1 Å². The van der Waals surface area contributed by atoms with Gasteiger partial charge in [-0.25, -0.2) is 4.79 Å². The molecule has 1 saturated carbocycles. The molecule has 2 atom stereocenters. The number of hydroxylamine groups is 1. The predicted molar refractivity (Wildman–Crippen MR) is 119 cm³/mol. The number of carbonyl (C=O) groups is 1. The van der Waals surface area contributed by atoms with E-state index in [4.69, 9.17) is 9.57 Å². The molecule has 0 spiro atoms. The molecule has 4 rings (SSSR count). The Morgan fingerprint density at radius 1 is 0.897 bits per heavy atom. The van der Waals surface area contributed by atoms with Crippen LogP contribution >= 0.6 is 0 Å². The summed E-state index contributed by atoms with van der Waals surface area (Å²) in [6.45, 7) is 1.03.